The lowest BCUT2D eigenvalue weighted by Gasteiger charge is -2.21. The first-order valence-electron chi connectivity index (χ1n) is 15.8. The number of thioether (sulfide) groups is 1. The molecule has 4 amide bonds. The first kappa shape index (κ1) is 41.3. The average molecular weight is 765 g/mol. The van der Waals surface area contributed by atoms with Crippen LogP contribution in [0.5, 0.6) is 0 Å². The van der Waals surface area contributed by atoms with Crippen LogP contribution in [0.2, 0.25) is 5.02 Å². The largest absolute Gasteiger partial charge is 0.369 e. The van der Waals surface area contributed by atoms with E-state index in [2.05, 4.69) is 15.3 Å². The first-order valence-corrected chi connectivity index (χ1v) is 17.5. The molecule has 4 rings (SSSR count). The molecule has 0 aliphatic carbocycles. The third-order valence-electron chi connectivity index (χ3n) is 7.21. The van der Waals surface area contributed by atoms with E-state index >= 15 is 4.39 Å². The normalized spacial score (nSPS) is 14.4. The molecule has 272 valence electrons. The molecule has 1 aliphatic rings. The number of nitrogens with one attached hydrogen (secondary N) is 1. The molecule has 1 heterocycles. The van der Waals surface area contributed by atoms with Gasteiger partial charge in [-0.25, -0.2) is 9.18 Å². The maximum absolute atomic E-state index is 15.3. The van der Waals surface area contributed by atoms with E-state index in [9.17, 15) is 23.2 Å². The van der Waals surface area contributed by atoms with Gasteiger partial charge in [0.2, 0.25) is 5.91 Å². The Kier molecular flexibility index (Phi) is 15.3. The standard InChI is InChI=1S/C34H32Cl2F3N5O4S.C2H6/c1-5-25(43(4)31(46)21-8-11-24(35)12-9-21)16-28(40-3)22-10-13-27(26(37)15-22)41-32(47)42-33-44(30(45)18-49-33)29-14-20(2)6-7-23(29)17-48-19-34(36,38)39;1-2/h6-16H,5,17-19H2,1-4H3,(H,41,47);1-2H3/b25-16+,40-28?,42-33-;. The molecule has 0 atom stereocenters. The number of amidine groups is 1. The number of aliphatic imine (C=N–C) groups is 2. The molecule has 0 spiro atoms. The fourth-order valence-electron chi connectivity index (χ4n) is 4.76. The van der Waals surface area contributed by atoms with Crippen molar-refractivity contribution in [1.29, 1.82) is 0 Å². The maximum Gasteiger partial charge on any atom is 0.347 e. The topological polar surface area (TPSA) is 104 Å². The molecular formula is C36H38Cl2F3N5O4S. The van der Waals surface area contributed by atoms with E-state index < -0.39 is 29.7 Å². The first-order chi connectivity index (χ1) is 24.2. The number of urea groups is 1. The highest BCUT2D eigenvalue weighted by molar-refractivity contribution is 8.15. The van der Waals surface area contributed by atoms with Gasteiger partial charge >= 0.3 is 11.4 Å². The zero-order valence-corrected chi connectivity index (χ0v) is 31.2. The van der Waals surface area contributed by atoms with E-state index in [0.717, 1.165) is 17.3 Å². The van der Waals surface area contributed by atoms with Crippen molar-refractivity contribution in [2.24, 2.45) is 9.98 Å². The number of carbonyl (C=O) groups is 3. The predicted molar refractivity (Wildman–Crippen MR) is 200 cm³/mol. The van der Waals surface area contributed by atoms with Gasteiger partial charge in [0.15, 0.2) is 5.17 Å². The smallest absolute Gasteiger partial charge is 0.347 e. The van der Waals surface area contributed by atoms with Gasteiger partial charge in [-0.1, -0.05) is 62.3 Å². The Morgan fingerprint density at radius 1 is 1.10 bits per heavy atom. The van der Waals surface area contributed by atoms with Gasteiger partial charge in [-0.05, 0) is 79.0 Å². The Hall–Kier alpha value is -4.17. The third kappa shape index (κ3) is 11.4. The van der Waals surface area contributed by atoms with Crippen LogP contribution in [0, 0.1) is 12.7 Å². The summed E-state index contributed by atoms with van der Waals surface area (Å²) in [7, 11) is 3.17. The lowest BCUT2D eigenvalue weighted by molar-refractivity contribution is -0.115. The number of rotatable bonds is 11. The van der Waals surface area contributed by atoms with E-state index in [1.807, 2.05) is 20.8 Å². The molecule has 0 saturated carbocycles. The van der Waals surface area contributed by atoms with Crippen molar-refractivity contribution in [1.82, 2.24) is 4.90 Å². The van der Waals surface area contributed by atoms with Gasteiger partial charge in [0, 0.05) is 41.5 Å². The highest BCUT2D eigenvalue weighted by Gasteiger charge is 2.33. The van der Waals surface area contributed by atoms with Crippen LogP contribution < -0.4 is 10.2 Å². The molecule has 1 N–H and O–H groups in total. The summed E-state index contributed by atoms with van der Waals surface area (Å²) in [5.41, 5.74) is 3.15. The van der Waals surface area contributed by atoms with Crippen LogP contribution in [0.25, 0.3) is 0 Å². The van der Waals surface area contributed by atoms with Gasteiger partial charge < -0.3 is 15.0 Å². The van der Waals surface area contributed by atoms with E-state index in [-0.39, 0.29) is 29.1 Å². The second kappa shape index (κ2) is 18.9. The molecule has 0 radical (unpaired) electrons. The Morgan fingerprint density at radius 2 is 1.76 bits per heavy atom. The second-order valence-corrected chi connectivity index (χ2v) is 12.7. The molecule has 0 unspecified atom stereocenters. The van der Waals surface area contributed by atoms with Crippen molar-refractivity contribution in [2.75, 3.05) is 36.7 Å². The molecule has 51 heavy (non-hydrogen) atoms. The van der Waals surface area contributed by atoms with Crippen molar-refractivity contribution < 1.29 is 32.3 Å². The number of ether oxygens (including phenoxy) is 1. The summed E-state index contributed by atoms with van der Waals surface area (Å²) in [6.07, 6.45) is 2.16. The van der Waals surface area contributed by atoms with Crippen molar-refractivity contribution in [3.8, 4) is 0 Å². The van der Waals surface area contributed by atoms with Crippen LogP contribution in [-0.2, 0) is 16.1 Å². The lowest BCUT2D eigenvalue weighted by atomic mass is 10.1. The molecule has 3 aromatic carbocycles. The van der Waals surface area contributed by atoms with E-state index in [0.29, 0.717) is 45.2 Å². The number of alkyl halides is 3. The van der Waals surface area contributed by atoms with Gasteiger partial charge in [-0.2, -0.15) is 13.8 Å². The van der Waals surface area contributed by atoms with Crippen LogP contribution in [0.1, 0.15) is 54.2 Å². The number of allylic oxidation sites excluding steroid dienone is 2. The number of hydrogen-bond donors (Lipinski definition) is 1. The molecule has 9 nitrogen and oxygen atoms in total. The summed E-state index contributed by atoms with van der Waals surface area (Å²) in [6.45, 7) is 6.33. The number of hydrogen-bond acceptors (Lipinski definition) is 6. The van der Waals surface area contributed by atoms with Crippen molar-refractivity contribution in [2.45, 2.75) is 46.1 Å². The van der Waals surface area contributed by atoms with Crippen molar-refractivity contribution in [3.63, 3.8) is 0 Å². The monoisotopic (exact) mass is 763 g/mol. The van der Waals surface area contributed by atoms with Crippen molar-refractivity contribution in [3.05, 3.63) is 106 Å². The van der Waals surface area contributed by atoms with Gasteiger partial charge in [-0.3, -0.25) is 19.5 Å². The maximum atomic E-state index is 15.3. The summed E-state index contributed by atoms with van der Waals surface area (Å²) in [6, 6.07) is 14.6. The molecule has 1 saturated heterocycles. The zero-order valence-electron chi connectivity index (χ0n) is 28.9. The lowest BCUT2D eigenvalue weighted by Crippen LogP contribution is -2.31. The molecule has 1 aliphatic heterocycles. The zero-order chi connectivity index (χ0) is 37.9. The summed E-state index contributed by atoms with van der Waals surface area (Å²) in [4.78, 5) is 49.8. The minimum Gasteiger partial charge on any atom is -0.369 e. The van der Waals surface area contributed by atoms with Crippen LogP contribution in [0.15, 0.2) is 82.4 Å². The highest BCUT2D eigenvalue weighted by Crippen LogP contribution is 2.32. The molecule has 0 aromatic heterocycles. The van der Waals surface area contributed by atoms with Crippen molar-refractivity contribution >= 4 is 75.1 Å². The number of amides is 4. The Morgan fingerprint density at radius 3 is 2.37 bits per heavy atom. The SMILES string of the molecule is CC.CC/C(=C\C(=NC)c1ccc(NC(=O)/N=C2\SCC(=O)N2c2cc(C)ccc2COCC(F)(F)Cl)c(F)c1)N(C)C(=O)c1ccc(Cl)cc1. The molecule has 1 fully saturated rings. The molecular weight excluding hydrogens is 726 g/mol. The van der Waals surface area contributed by atoms with Gasteiger partial charge in [-0.15, -0.1) is 0 Å². The van der Waals surface area contributed by atoms with E-state index in [4.69, 9.17) is 27.9 Å². The van der Waals surface area contributed by atoms with Crippen LogP contribution >= 0.6 is 35.0 Å². The quantitative estimate of drug-likeness (QED) is 0.155. The molecule has 15 heteroatoms. The number of anilines is 2. The number of benzene rings is 3. The Labute approximate surface area is 309 Å². The minimum atomic E-state index is -3.56. The second-order valence-electron chi connectivity index (χ2n) is 10.7. The fourth-order valence-corrected chi connectivity index (χ4v) is 5.82. The third-order valence-corrected chi connectivity index (χ3v) is 8.49. The number of carbonyl (C=O) groups excluding carboxylic acids is 3. The highest BCUT2D eigenvalue weighted by atomic mass is 35.5. The number of nitrogens with zero attached hydrogens (tertiary/aromatic N) is 4. The Bertz CT molecular complexity index is 1830. The van der Waals surface area contributed by atoms with Gasteiger partial charge in [0.25, 0.3) is 5.91 Å². The summed E-state index contributed by atoms with van der Waals surface area (Å²) >= 11 is 11.9. The molecule has 0 bridgehead atoms. The predicted octanol–water partition coefficient (Wildman–Crippen LogP) is 9.31. The molecule has 3 aromatic rings. The van der Waals surface area contributed by atoms with E-state index in [1.54, 1.807) is 68.6 Å². The average Bonchev–Trinajstić information content (AvgIpc) is 3.45. The van der Waals surface area contributed by atoms with Crippen LogP contribution in [0.4, 0.5) is 29.3 Å². The van der Waals surface area contributed by atoms with E-state index in [1.165, 1.54) is 29.0 Å². The van der Waals surface area contributed by atoms with Gasteiger partial charge in [0.1, 0.15) is 12.4 Å². The number of halogens is 5. The minimum absolute atomic E-state index is 0.0175. The Balaban J connectivity index is 0.00000345. The fraction of sp³-hybridized carbons (Fsp3) is 0.306. The summed E-state index contributed by atoms with van der Waals surface area (Å²) in [5.74, 6) is -1.45. The van der Waals surface area contributed by atoms with Gasteiger partial charge in [0.05, 0.1) is 29.4 Å². The number of aryl methyl sites for hydroxylation is 1. The van der Waals surface area contributed by atoms with Crippen LogP contribution in [0.3, 0.4) is 0 Å². The summed E-state index contributed by atoms with van der Waals surface area (Å²) < 4.78 is 46.5. The summed E-state index contributed by atoms with van der Waals surface area (Å²) in [5, 5.41) is -0.632. The van der Waals surface area contributed by atoms with Crippen LogP contribution in [-0.4, -0.2) is 65.5 Å².